The van der Waals surface area contributed by atoms with Crippen LogP contribution in [0.3, 0.4) is 0 Å². The predicted molar refractivity (Wildman–Crippen MR) is 72.0 cm³/mol. The topological polar surface area (TPSA) is 55.8 Å². The Morgan fingerprint density at radius 3 is 2.75 bits per heavy atom. The van der Waals surface area contributed by atoms with Crippen LogP contribution >= 0.6 is 0 Å². The van der Waals surface area contributed by atoms with Gasteiger partial charge < -0.3 is 14.4 Å². The summed E-state index contributed by atoms with van der Waals surface area (Å²) >= 11 is 0. The van der Waals surface area contributed by atoms with Gasteiger partial charge in [0.1, 0.15) is 6.61 Å². The third kappa shape index (κ3) is 2.97. The molecule has 2 atom stereocenters. The fourth-order valence-electron chi connectivity index (χ4n) is 3.53. The van der Waals surface area contributed by atoms with E-state index in [1.54, 1.807) is 0 Å². The molecule has 0 aromatic heterocycles. The second kappa shape index (κ2) is 6.12. The highest BCUT2D eigenvalue weighted by Gasteiger charge is 2.39. The molecular weight excluding hydrogens is 258 g/mol. The fraction of sp³-hybridized carbons (Fsp3) is 0.867. The molecule has 2 aliphatic heterocycles. The molecule has 112 valence electrons. The second-order valence-corrected chi connectivity index (χ2v) is 6.15. The van der Waals surface area contributed by atoms with Crippen molar-refractivity contribution in [1.82, 2.24) is 4.90 Å². The van der Waals surface area contributed by atoms with Crippen molar-refractivity contribution in [2.24, 2.45) is 5.92 Å². The lowest BCUT2D eigenvalue weighted by atomic mass is 10.1. The Morgan fingerprint density at radius 2 is 2.05 bits per heavy atom. The number of rotatable bonds is 4. The highest BCUT2D eigenvalue weighted by Crippen LogP contribution is 2.30. The smallest absolute Gasteiger partial charge is 0.311 e. The molecule has 2 heterocycles. The lowest BCUT2D eigenvalue weighted by Gasteiger charge is -2.23. The number of esters is 1. The lowest BCUT2D eigenvalue weighted by molar-refractivity contribution is -0.151. The first kappa shape index (κ1) is 13.9. The molecular formula is C15H23NO4. The largest absolute Gasteiger partial charge is 0.463 e. The summed E-state index contributed by atoms with van der Waals surface area (Å²) in [6, 6.07) is 0.360. The molecule has 1 amide bonds. The summed E-state index contributed by atoms with van der Waals surface area (Å²) in [5.41, 5.74) is 0. The van der Waals surface area contributed by atoms with E-state index in [4.69, 9.17) is 9.47 Å². The molecule has 3 aliphatic rings. The summed E-state index contributed by atoms with van der Waals surface area (Å²) < 4.78 is 10.8. The van der Waals surface area contributed by atoms with Gasteiger partial charge >= 0.3 is 5.97 Å². The zero-order chi connectivity index (χ0) is 13.9. The maximum absolute atomic E-state index is 12.1. The summed E-state index contributed by atoms with van der Waals surface area (Å²) in [6.07, 6.45) is 6.95. The maximum atomic E-state index is 12.1. The Hall–Kier alpha value is -1.10. The molecule has 5 heteroatoms. The number of ether oxygens (including phenoxy) is 2. The van der Waals surface area contributed by atoms with E-state index in [0.29, 0.717) is 25.6 Å². The number of amides is 1. The number of carbonyl (C=O) groups is 2. The Labute approximate surface area is 119 Å². The van der Waals surface area contributed by atoms with Gasteiger partial charge in [-0.15, -0.1) is 0 Å². The van der Waals surface area contributed by atoms with Crippen molar-refractivity contribution in [3.05, 3.63) is 0 Å². The highest BCUT2D eigenvalue weighted by molar-refractivity contribution is 5.87. The fourth-order valence-corrected chi connectivity index (χ4v) is 3.53. The minimum atomic E-state index is -0.274. The number of carbonyl (C=O) groups excluding carboxylic acids is 2. The highest BCUT2D eigenvalue weighted by atomic mass is 16.6. The number of nitrogens with zero attached hydrogens (tertiary/aromatic N) is 1. The normalized spacial score (nSPS) is 31.2. The SMILES string of the molecule is O=C(OC[C@H]1CCCO1)[C@@H]1CC(=O)N(C2CCCC2)C1. The number of hydrogen-bond donors (Lipinski definition) is 0. The van der Waals surface area contributed by atoms with Crippen molar-refractivity contribution in [2.45, 2.75) is 57.1 Å². The average Bonchev–Trinajstić information content (AvgIpc) is 3.17. The van der Waals surface area contributed by atoms with Crippen LogP contribution in [-0.4, -0.2) is 48.7 Å². The van der Waals surface area contributed by atoms with Gasteiger partial charge in [-0.25, -0.2) is 0 Å². The number of likely N-dealkylation sites (tertiary alicyclic amines) is 1. The molecule has 1 saturated carbocycles. The first-order valence-electron chi connectivity index (χ1n) is 7.82. The summed E-state index contributed by atoms with van der Waals surface area (Å²) in [5, 5.41) is 0. The van der Waals surface area contributed by atoms with E-state index < -0.39 is 0 Å². The molecule has 0 aromatic carbocycles. The van der Waals surface area contributed by atoms with Crippen molar-refractivity contribution < 1.29 is 19.1 Å². The average molecular weight is 281 g/mol. The molecule has 0 radical (unpaired) electrons. The van der Waals surface area contributed by atoms with Crippen LogP contribution in [0.25, 0.3) is 0 Å². The van der Waals surface area contributed by atoms with Crippen molar-refractivity contribution in [2.75, 3.05) is 19.8 Å². The van der Waals surface area contributed by atoms with Gasteiger partial charge in [-0.05, 0) is 25.7 Å². The van der Waals surface area contributed by atoms with Gasteiger partial charge in [-0.1, -0.05) is 12.8 Å². The first-order valence-corrected chi connectivity index (χ1v) is 7.82. The van der Waals surface area contributed by atoms with E-state index in [1.807, 2.05) is 4.90 Å². The minimum Gasteiger partial charge on any atom is -0.463 e. The van der Waals surface area contributed by atoms with E-state index in [2.05, 4.69) is 0 Å². The van der Waals surface area contributed by atoms with Crippen molar-refractivity contribution in [3.8, 4) is 0 Å². The van der Waals surface area contributed by atoms with E-state index in [0.717, 1.165) is 32.3 Å². The zero-order valence-corrected chi connectivity index (χ0v) is 11.9. The van der Waals surface area contributed by atoms with Crippen LogP contribution in [-0.2, 0) is 19.1 Å². The molecule has 0 N–H and O–H groups in total. The Balaban J connectivity index is 1.47. The molecule has 1 aliphatic carbocycles. The third-order valence-electron chi connectivity index (χ3n) is 4.69. The molecule has 0 aromatic rings. The van der Waals surface area contributed by atoms with Crippen LogP contribution in [0.15, 0.2) is 0 Å². The molecule has 20 heavy (non-hydrogen) atoms. The van der Waals surface area contributed by atoms with E-state index in [-0.39, 0.29) is 23.9 Å². The van der Waals surface area contributed by atoms with Crippen molar-refractivity contribution >= 4 is 11.9 Å². The van der Waals surface area contributed by atoms with Crippen LogP contribution < -0.4 is 0 Å². The van der Waals surface area contributed by atoms with Crippen LogP contribution in [0.2, 0.25) is 0 Å². The molecule has 0 spiro atoms. The monoisotopic (exact) mass is 281 g/mol. The predicted octanol–water partition coefficient (Wildman–Crippen LogP) is 1.50. The van der Waals surface area contributed by atoms with Crippen LogP contribution in [0.5, 0.6) is 0 Å². The molecule has 2 saturated heterocycles. The molecule has 0 bridgehead atoms. The van der Waals surface area contributed by atoms with Gasteiger partial charge in [-0.3, -0.25) is 9.59 Å². The van der Waals surface area contributed by atoms with E-state index in [9.17, 15) is 9.59 Å². The van der Waals surface area contributed by atoms with Crippen LogP contribution in [0.1, 0.15) is 44.9 Å². The Morgan fingerprint density at radius 1 is 1.25 bits per heavy atom. The van der Waals surface area contributed by atoms with E-state index >= 15 is 0 Å². The summed E-state index contributed by atoms with van der Waals surface area (Å²) in [5.74, 6) is -0.380. The van der Waals surface area contributed by atoms with Gasteiger partial charge in [0.2, 0.25) is 5.91 Å². The van der Waals surface area contributed by atoms with Crippen LogP contribution in [0, 0.1) is 5.92 Å². The standard InChI is InChI=1S/C15H23NO4/c17-14-8-11(9-16(14)12-4-1-2-5-12)15(18)20-10-13-6-3-7-19-13/h11-13H,1-10H2/t11-,13-/m1/s1. The quantitative estimate of drug-likeness (QED) is 0.733. The van der Waals surface area contributed by atoms with Gasteiger partial charge in [-0.2, -0.15) is 0 Å². The van der Waals surface area contributed by atoms with Crippen LogP contribution in [0.4, 0.5) is 0 Å². The second-order valence-electron chi connectivity index (χ2n) is 6.15. The van der Waals surface area contributed by atoms with Gasteiger partial charge in [0.15, 0.2) is 0 Å². The molecule has 3 fully saturated rings. The number of hydrogen-bond acceptors (Lipinski definition) is 4. The first-order chi connectivity index (χ1) is 9.74. The minimum absolute atomic E-state index is 0.0574. The summed E-state index contributed by atoms with van der Waals surface area (Å²) in [7, 11) is 0. The summed E-state index contributed by atoms with van der Waals surface area (Å²) in [6.45, 7) is 1.65. The van der Waals surface area contributed by atoms with Crippen molar-refractivity contribution in [1.29, 1.82) is 0 Å². The molecule has 5 nitrogen and oxygen atoms in total. The maximum Gasteiger partial charge on any atom is 0.311 e. The zero-order valence-electron chi connectivity index (χ0n) is 11.9. The Kier molecular flexibility index (Phi) is 4.24. The van der Waals surface area contributed by atoms with Gasteiger partial charge in [0, 0.05) is 25.6 Å². The van der Waals surface area contributed by atoms with Gasteiger partial charge in [0.25, 0.3) is 0 Å². The van der Waals surface area contributed by atoms with Gasteiger partial charge in [0.05, 0.1) is 12.0 Å². The summed E-state index contributed by atoms with van der Waals surface area (Å²) in [4.78, 5) is 26.0. The van der Waals surface area contributed by atoms with Crippen molar-refractivity contribution in [3.63, 3.8) is 0 Å². The van der Waals surface area contributed by atoms with E-state index in [1.165, 1.54) is 12.8 Å². The Bertz CT molecular complexity index is 372. The molecule has 0 unspecified atom stereocenters. The molecule has 3 rings (SSSR count). The third-order valence-corrected chi connectivity index (χ3v) is 4.69. The lowest BCUT2D eigenvalue weighted by Crippen LogP contribution is -2.35.